The van der Waals surface area contributed by atoms with Crippen LogP contribution in [0.3, 0.4) is 0 Å². The third-order valence-corrected chi connectivity index (χ3v) is 2.94. The minimum atomic E-state index is -0.486. The summed E-state index contributed by atoms with van der Waals surface area (Å²) in [4.78, 5) is 29.1. The van der Waals surface area contributed by atoms with Crippen molar-refractivity contribution >= 4 is 11.8 Å². The van der Waals surface area contributed by atoms with Gasteiger partial charge in [0.1, 0.15) is 11.8 Å². The highest BCUT2D eigenvalue weighted by Gasteiger charge is 2.27. The van der Waals surface area contributed by atoms with E-state index in [0.717, 1.165) is 12.2 Å². The number of oxazole rings is 1. The highest BCUT2D eigenvalue weighted by molar-refractivity contribution is 5.89. The van der Waals surface area contributed by atoms with Crippen molar-refractivity contribution in [2.45, 2.75) is 39.3 Å². The van der Waals surface area contributed by atoms with Crippen molar-refractivity contribution in [3.63, 3.8) is 0 Å². The Morgan fingerprint density at radius 1 is 1.56 bits per heavy atom. The number of aryl methyl sites for hydroxylation is 1. The lowest BCUT2D eigenvalue weighted by Crippen LogP contribution is -2.42. The summed E-state index contributed by atoms with van der Waals surface area (Å²) >= 11 is 0. The number of hydrogen-bond acceptors (Lipinski definition) is 4. The maximum atomic E-state index is 12.0. The number of carbonyl (C=O) groups excluding carboxylic acids is 2. The molecule has 1 aromatic heterocycles. The molecule has 0 radical (unpaired) electrons. The third-order valence-electron chi connectivity index (χ3n) is 2.94. The van der Waals surface area contributed by atoms with Gasteiger partial charge in [-0.05, 0) is 6.92 Å². The van der Waals surface area contributed by atoms with Crippen molar-refractivity contribution in [3.05, 3.63) is 17.8 Å². The van der Waals surface area contributed by atoms with Gasteiger partial charge in [0.15, 0.2) is 0 Å². The quantitative estimate of drug-likeness (QED) is 0.847. The largest absolute Gasteiger partial charge is 0.444 e. The summed E-state index contributed by atoms with van der Waals surface area (Å²) in [6.45, 7) is 4.38. The SMILES string of the molecule is CCc1cnc(CN2CCC(=O)NC(C)C2=O)o1. The van der Waals surface area contributed by atoms with E-state index >= 15 is 0 Å². The molecule has 6 nitrogen and oxygen atoms in total. The molecule has 0 aliphatic carbocycles. The molecule has 1 N–H and O–H groups in total. The van der Waals surface area contributed by atoms with Crippen molar-refractivity contribution in [2.24, 2.45) is 0 Å². The van der Waals surface area contributed by atoms with Crippen LogP contribution in [0.2, 0.25) is 0 Å². The second kappa shape index (κ2) is 5.20. The van der Waals surface area contributed by atoms with Gasteiger partial charge in [0.05, 0.1) is 12.7 Å². The van der Waals surface area contributed by atoms with Gasteiger partial charge in [0.25, 0.3) is 0 Å². The van der Waals surface area contributed by atoms with Crippen LogP contribution in [0.1, 0.15) is 31.9 Å². The number of rotatable bonds is 3. The van der Waals surface area contributed by atoms with Gasteiger partial charge in [-0.3, -0.25) is 9.59 Å². The van der Waals surface area contributed by atoms with Crippen LogP contribution in [0.4, 0.5) is 0 Å². The van der Waals surface area contributed by atoms with Crippen molar-refractivity contribution in [3.8, 4) is 0 Å². The third kappa shape index (κ3) is 2.69. The highest BCUT2D eigenvalue weighted by Crippen LogP contribution is 2.11. The molecular weight excluding hydrogens is 234 g/mol. The van der Waals surface area contributed by atoms with Gasteiger partial charge in [-0.15, -0.1) is 0 Å². The topological polar surface area (TPSA) is 75.4 Å². The van der Waals surface area contributed by atoms with Crippen LogP contribution in [0, 0.1) is 0 Å². The number of amides is 2. The van der Waals surface area contributed by atoms with Crippen LogP contribution >= 0.6 is 0 Å². The molecule has 2 rings (SSSR count). The molecule has 1 saturated heterocycles. The zero-order chi connectivity index (χ0) is 13.1. The Bertz CT molecular complexity index is 455. The van der Waals surface area contributed by atoms with E-state index in [2.05, 4.69) is 10.3 Å². The maximum Gasteiger partial charge on any atom is 0.245 e. The summed E-state index contributed by atoms with van der Waals surface area (Å²) < 4.78 is 5.48. The van der Waals surface area contributed by atoms with Crippen molar-refractivity contribution in [2.75, 3.05) is 6.54 Å². The first-order valence-electron chi connectivity index (χ1n) is 6.12. The molecule has 0 bridgehead atoms. The maximum absolute atomic E-state index is 12.0. The average Bonchev–Trinajstić information content (AvgIpc) is 2.76. The smallest absolute Gasteiger partial charge is 0.245 e. The van der Waals surface area contributed by atoms with Crippen LogP contribution in [0.15, 0.2) is 10.6 Å². The van der Waals surface area contributed by atoms with Crippen LogP contribution in [-0.4, -0.2) is 34.3 Å². The zero-order valence-corrected chi connectivity index (χ0v) is 10.6. The van der Waals surface area contributed by atoms with E-state index in [1.807, 2.05) is 6.92 Å². The van der Waals surface area contributed by atoms with E-state index in [-0.39, 0.29) is 11.8 Å². The molecule has 1 aromatic rings. The van der Waals surface area contributed by atoms with E-state index in [9.17, 15) is 9.59 Å². The van der Waals surface area contributed by atoms with Gasteiger partial charge < -0.3 is 14.6 Å². The number of carbonyl (C=O) groups is 2. The first-order valence-corrected chi connectivity index (χ1v) is 6.12. The van der Waals surface area contributed by atoms with Crippen molar-refractivity contribution in [1.29, 1.82) is 0 Å². The van der Waals surface area contributed by atoms with Gasteiger partial charge in [0, 0.05) is 19.4 Å². The minimum Gasteiger partial charge on any atom is -0.444 e. The molecule has 6 heteroatoms. The van der Waals surface area contributed by atoms with Crippen LogP contribution < -0.4 is 5.32 Å². The molecule has 1 atom stereocenters. The molecule has 0 aromatic carbocycles. The minimum absolute atomic E-state index is 0.0972. The van der Waals surface area contributed by atoms with Crippen molar-refractivity contribution in [1.82, 2.24) is 15.2 Å². The lowest BCUT2D eigenvalue weighted by molar-refractivity contribution is -0.133. The summed E-state index contributed by atoms with van der Waals surface area (Å²) in [6.07, 6.45) is 2.76. The summed E-state index contributed by atoms with van der Waals surface area (Å²) in [7, 11) is 0. The molecule has 0 spiro atoms. The standard InChI is InChI=1S/C12H17N3O3/c1-3-9-6-13-11(18-9)7-15-5-4-10(16)14-8(2)12(15)17/h6,8H,3-5,7H2,1-2H3,(H,14,16). The van der Waals surface area contributed by atoms with E-state index in [4.69, 9.17) is 4.42 Å². The Kier molecular flexibility index (Phi) is 3.64. The van der Waals surface area contributed by atoms with E-state index in [0.29, 0.717) is 25.4 Å². The highest BCUT2D eigenvalue weighted by atomic mass is 16.4. The second-order valence-electron chi connectivity index (χ2n) is 4.37. The number of aromatic nitrogens is 1. The average molecular weight is 251 g/mol. The lowest BCUT2D eigenvalue weighted by atomic mass is 10.3. The molecule has 1 unspecified atom stereocenters. The normalized spacial score (nSPS) is 20.8. The summed E-state index contributed by atoms with van der Waals surface area (Å²) in [5.41, 5.74) is 0. The molecule has 2 amide bonds. The Morgan fingerprint density at radius 2 is 2.33 bits per heavy atom. The van der Waals surface area contributed by atoms with Gasteiger partial charge in [-0.2, -0.15) is 0 Å². The summed E-state index contributed by atoms with van der Waals surface area (Å²) in [6, 6.07) is -0.486. The molecule has 2 heterocycles. The fraction of sp³-hybridized carbons (Fsp3) is 0.583. The first kappa shape index (κ1) is 12.6. The molecular formula is C12H17N3O3. The van der Waals surface area contributed by atoms with Crippen LogP contribution in [0.5, 0.6) is 0 Å². The monoisotopic (exact) mass is 251 g/mol. The van der Waals surface area contributed by atoms with E-state index in [1.165, 1.54) is 0 Å². The first-order chi connectivity index (χ1) is 8.60. The predicted molar refractivity (Wildman–Crippen MR) is 63.5 cm³/mol. The Hall–Kier alpha value is -1.85. The number of hydrogen-bond donors (Lipinski definition) is 1. The molecule has 1 fully saturated rings. The molecule has 98 valence electrons. The van der Waals surface area contributed by atoms with Gasteiger partial charge >= 0.3 is 0 Å². The van der Waals surface area contributed by atoms with Gasteiger partial charge in [0.2, 0.25) is 17.7 Å². The summed E-state index contributed by atoms with van der Waals surface area (Å²) in [5, 5.41) is 2.64. The molecule has 18 heavy (non-hydrogen) atoms. The van der Waals surface area contributed by atoms with Crippen molar-refractivity contribution < 1.29 is 14.0 Å². The second-order valence-corrected chi connectivity index (χ2v) is 4.37. The summed E-state index contributed by atoms with van der Waals surface area (Å²) in [5.74, 6) is 1.12. The molecule has 1 aliphatic rings. The van der Waals surface area contributed by atoms with E-state index < -0.39 is 6.04 Å². The Balaban J connectivity index is 2.07. The predicted octanol–water partition coefficient (Wildman–Crippen LogP) is 0.474. The number of nitrogens with zero attached hydrogens (tertiary/aromatic N) is 2. The molecule has 0 saturated carbocycles. The number of nitrogens with one attached hydrogen (secondary N) is 1. The molecule has 1 aliphatic heterocycles. The Morgan fingerprint density at radius 3 is 3.00 bits per heavy atom. The van der Waals surface area contributed by atoms with Crippen LogP contribution in [0.25, 0.3) is 0 Å². The van der Waals surface area contributed by atoms with Crippen LogP contribution in [-0.2, 0) is 22.6 Å². The lowest BCUT2D eigenvalue weighted by Gasteiger charge is -2.20. The fourth-order valence-corrected chi connectivity index (χ4v) is 1.90. The zero-order valence-electron chi connectivity index (χ0n) is 10.6. The van der Waals surface area contributed by atoms with E-state index in [1.54, 1.807) is 18.0 Å². The van der Waals surface area contributed by atoms with Gasteiger partial charge in [-0.1, -0.05) is 6.92 Å². The fourth-order valence-electron chi connectivity index (χ4n) is 1.90. The Labute approximate surface area is 105 Å². The van der Waals surface area contributed by atoms with Gasteiger partial charge in [-0.25, -0.2) is 4.98 Å².